The maximum absolute atomic E-state index is 11.1. The van der Waals surface area contributed by atoms with Gasteiger partial charge in [-0.3, -0.25) is 14.7 Å². The third-order valence-corrected chi connectivity index (χ3v) is 5.86. The number of pyridine rings is 1. The van der Waals surface area contributed by atoms with Gasteiger partial charge in [0.2, 0.25) is 0 Å². The predicted octanol–water partition coefficient (Wildman–Crippen LogP) is 5.06. The van der Waals surface area contributed by atoms with Crippen LogP contribution < -0.4 is 4.74 Å². The second-order valence-electron chi connectivity index (χ2n) is 7.94. The molecule has 160 valence electrons. The Balaban J connectivity index is 1.45. The van der Waals surface area contributed by atoms with E-state index in [4.69, 9.17) is 26.4 Å². The number of aromatic nitrogens is 1. The molecule has 0 aliphatic carbocycles. The molecule has 0 amide bonds. The third kappa shape index (κ3) is 5.24. The number of benzene rings is 2. The van der Waals surface area contributed by atoms with Gasteiger partial charge >= 0.3 is 5.97 Å². The van der Waals surface area contributed by atoms with E-state index < -0.39 is 5.97 Å². The molecule has 5 nitrogen and oxygen atoms in total. The number of carboxylic acid groups (broad SMARTS) is 1. The van der Waals surface area contributed by atoms with Crippen molar-refractivity contribution in [3.63, 3.8) is 0 Å². The highest BCUT2D eigenvalue weighted by molar-refractivity contribution is 6.33. The number of hydrogen-bond donors (Lipinski definition) is 1. The molecule has 1 atom stereocenters. The van der Waals surface area contributed by atoms with Crippen molar-refractivity contribution >= 4 is 17.6 Å². The summed E-state index contributed by atoms with van der Waals surface area (Å²) in [6.07, 6.45) is 0.797. The van der Waals surface area contributed by atoms with Crippen LogP contribution in [-0.2, 0) is 24.4 Å². The molecule has 1 aromatic heterocycles. The molecule has 0 saturated heterocycles. The highest BCUT2D eigenvalue weighted by atomic mass is 35.5. The van der Waals surface area contributed by atoms with Gasteiger partial charge in [0, 0.05) is 37.3 Å². The Morgan fingerprint density at radius 2 is 2.00 bits per heavy atom. The molecule has 2 aromatic carbocycles. The van der Waals surface area contributed by atoms with Crippen molar-refractivity contribution in [1.82, 2.24) is 9.88 Å². The van der Waals surface area contributed by atoms with E-state index in [-0.39, 0.29) is 5.92 Å². The largest absolute Gasteiger partial charge is 0.489 e. The first-order chi connectivity index (χ1) is 15.0. The summed E-state index contributed by atoms with van der Waals surface area (Å²) in [5, 5.41) is 9.75. The molecule has 0 spiro atoms. The summed E-state index contributed by atoms with van der Waals surface area (Å²) < 4.78 is 5.86. The maximum Gasteiger partial charge on any atom is 0.307 e. The minimum absolute atomic E-state index is 0.379. The molecule has 31 heavy (non-hydrogen) atoms. The lowest BCUT2D eigenvalue weighted by molar-refractivity contribution is -0.141. The van der Waals surface area contributed by atoms with E-state index in [2.05, 4.69) is 11.0 Å². The Kier molecular flexibility index (Phi) is 6.54. The van der Waals surface area contributed by atoms with Crippen LogP contribution in [0.15, 0.2) is 60.7 Å². The van der Waals surface area contributed by atoms with Crippen LogP contribution in [0.25, 0.3) is 11.3 Å². The Morgan fingerprint density at radius 1 is 1.19 bits per heavy atom. The van der Waals surface area contributed by atoms with Crippen LogP contribution in [0.3, 0.4) is 0 Å². The number of rotatable bonds is 7. The van der Waals surface area contributed by atoms with Gasteiger partial charge in [-0.1, -0.05) is 54.9 Å². The fourth-order valence-electron chi connectivity index (χ4n) is 3.78. The molecule has 3 aromatic rings. The number of carboxylic acids is 1. The number of halogens is 1. The van der Waals surface area contributed by atoms with Gasteiger partial charge in [0.25, 0.3) is 0 Å². The van der Waals surface area contributed by atoms with E-state index in [1.54, 1.807) is 6.92 Å². The highest BCUT2D eigenvalue weighted by Crippen LogP contribution is 2.32. The molecule has 0 saturated carbocycles. The number of aliphatic carboxylic acids is 1. The van der Waals surface area contributed by atoms with Gasteiger partial charge in [-0.2, -0.15) is 0 Å². The normalized spacial score (nSPS) is 14.6. The van der Waals surface area contributed by atoms with Gasteiger partial charge in [-0.25, -0.2) is 0 Å². The number of nitrogens with zero attached hydrogens (tertiary/aromatic N) is 2. The second kappa shape index (κ2) is 9.50. The van der Waals surface area contributed by atoms with Gasteiger partial charge < -0.3 is 9.84 Å². The number of hydrogen-bond acceptors (Lipinski definition) is 4. The molecule has 1 aliphatic rings. The SMILES string of the molecule is CC(CN1CCc2nc(-c3ccc(OCc4ccccc4)cc3Cl)ccc2C1)C(=O)O. The van der Waals surface area contributed by atoms with Crippen molar-refractivity contribution in [2.24, 2.45) is 5.92 Å². The first-order valence-corrected chi connectivity index (χ1v) is 10.8. The average molecular weight is 437 g/mol. The zero-order valence-corrected chi connectivity index (χ0v) is 18.2. The molecule has 0 radical (unpaired) electrons. The Labute approximate surface area is 187 Å². The van der Waals surface area contributed by atoms with Gasteiger partial charge in [-0.05, 0) is 35.4 Å². The Hall–Kier alpha value is -2.89. The molecule has 1 unspecified atom stereocenters. The van der Waals surface area contributed by atoms with Crippen molar-refractivity contribution in [3.8, 4) is 17.0 Å². The molecule has 2 heterocycles. The molecule has 0 fully saturated rings. The molecule has 6 heteroatoms. The molecule has 4 rings (SSSR count). The number of carbonyl (C=O) groups is 1. The third-order valence-electron chi connectivity index (χ3n) is 5.55. The van der Waals surface area contributed by atoms with Crippen LogP contribution in [0.2, 0.25) is 5.02 Å². The molecule has 1 N–H and O–H groups in total. The van der Waals surface area contributed by atoms with Gasteiger partial charge in [0.05, 0.1) is 16.6 Å². The minimum atomic E-state index is -0.759. The van der Waals surface area contributed by atoms with Crippen molar-refractivity contribution in [2.75, 3.05) is 13.1 Å². The van der Waals surface area contributed by atoms with E-state index in [1.807, 2.05) is 54.6 Å². The van der Waals surface area contributed by atoms with E-state index in [1.165, 1.54) is 0 Å². The lowest BCUT2D eigenvalue weighted by Crippen LogP contribution is -2.36. The van der Waals surface area contributed by atoms with E-state index >= 15 is 0 Å². The molecular weight excluding hydrogens is 412 g/mol. The monoisotopic (exact) mass is 436 g/mol. The zero-order valence-electron chi connectivity index (χ0n) is 17.4. The minimum Gasteiger partial charge on any atom is -0.489 e. The molecular formula is C25H25ClN2O3. The van der Waals surface area contributed by atoms with Gasteiger partial charge in [0.1, 0.15) is 12.4 Å². The fourth-order valence-corrected chi connectivity index (χ4v) is 4.05. The Morgan fingerprint density at radius 3 is 2.74 bits per heavy atom. The van der Waals surface area contributed by atoms with Gasteiger partial charge in [0.15, 0.2) is 0 Å². The van der Waals surface area contributed by atoms with Gasteiger partial charge in [-0.15, -0.1) is 0 Å². The molecule has 0 bridgehead atoms. The number of fused-ring (bicyclic) bond motifs is 1. The summed E-state index contributed by atoms with van der Waals surface area (Å²) in [7, 11) is 0. The van der Waals surface area contributed by atoms with Crippen molar-refractivity contribution in [2.45, 2.75) is 26.5 Å². The van der Waals surface area contributed by atoms with Crippen LogP contribution in [-0.4, -0.2) is 34.0 Å². The van der Waals surface area contributed by atoms with Crippen molar-refractivity contribution in [1.29, 1.82) is 0 Å². The molecule has 1 aliphatic heterocycles. The lowest BCUT2D eigenvalue weighted by atomic mass is 10.0. The standard InChI is InChI=1S/C25H25ClN2O3/c1-17(25(29)30)14-28-12-11-23-19(15-28)7-10-24(27-23)21-9-8-20(13-22(21)26)31-16-18-5-3-2-4-6-18/h2-10,13,17H,11-12,14-16H2,1H3,(H,29,30). The van der Waals surface area contributed by atoms with E-state index in [0.29, 0.717) is 18.2 Å². The summed E-state index contributed by atoms with van der Waals surface area (Å²) >= 11 is 6.56. The maximum atomic E-state index is 11.1. The van der Waals surface area contributed by atoms with Crippen LogP contribution in [0.5, 0.6) is 5.75 Å². The zero-order chi connectivity index (χ0) is 21.8. The topological polar surface area (TPSA) is 62.7 Å². The van der Waals surface area contributed by atoms with Crippen LogP contribution in [0.1, 0.15) is 23.7 Å². The summed E-state index contributed by atoms with van der Waals surface area (Å²) in [6, 6.07) is 19.8. The lowest BCUT2D eigenvalue weighted by Gasteiger charge is -2.29. The quantitative estimate of drug-likeness (QED) is 0.560. The van der Waals surface area contributed by atoms with E-state index in [0.717, 1.165) is 53.3 Å². The summed E-state index contributed by atoms with van der Waals surface area (Å²) in [5.74, 6) is -0.418. The van der Waals surface area contributed by atoms with Crippen LogP contribution in [0, 0.1) is 5.92 Å². The highest BCUT2D eigenvalue weighted by Gasteiger charge is 2.22. The van der Waals surface area contributed by atoms with Crippen LogP contribution in [0.4, 0.5) is 0 Å². The van der Waals surface area contributed by atoms with E-state index in [9.17, 15) is 4.79 Å². The first-order valence-electron chi connectivity index (χ1n) is 10.4. The summed E-state index contributed by atoms with van der Waals surface area (Å²) in [6.45, 7) is 4.31. The Bertz CT molecular complexity index is 1070. The predicted molar refractivity (Wildman–Crippen MR) is 121 cm³/mol. The summed E-state index contributed by atoms with van der Waals surface area (Å²) in [5.41, 5.74) is 5.01. The average Bonchev–Trinajstić information content (AvgIpc) is 2.78. The second-order valence-corrected chi connectivity index (χ2v) is 8.35. The van der Waals surface area contributed by atoms with Crippen molar-refractivity contribution < 1.29 is 14.6 Å². The smallest absolute Gasteiger partial charge is 0.307 e. The van der Waals surface area contributed by atoms with Crippen LogP contribution >= 0.6 is 11.6 Å². The number of ether oxygens (including phenoxy) is 1. The first kappa shape index (κ1) is 21.3. The van der Waals surface area contributed by atoms with Crippen molar-refractivity contribution in [3.05, 3.63) is 82.5 Å². The fraction of sp³-hybridized carbons (Fsp3) is 0.280. The summed E-state index contributed by atoms with van der Waals surface area (Å²) in [4.78, 5) is 18.2.